The molecular weight excluding hydrogens is 420 g/mol. The van der Waals surface area contributed by atoms with Crippen LogP contribution in [0.3, 0.4) is 0 Å². The molecule has 3 aliphatic rings. The molecule has 2 aliphatic carbocycles. The number of amides is 2. The smallest absolute Gasteiger partial charge is 0.408 e. The normalized spacial score (nSPS) is 22.8. The number of aliphatic carboxylic acids is 1. The van der Waals surface area contributed by atoms with Gasteiger partial charge in [0.25, 0.3) is 0 Å². The molecule has 2 aromatic rings. The number of ether oxygens (including phenoxy) is 1. The SMILES string of the molecule is CC1CCN(C(=O)C2(NC(=O)OCC3c4ccccc4-c4ccccc43)CC2)C(C(=O)O)C1. The van der Waals surface area contributed by atoms with E-state index in [4.69, 9.17) is 4.74 Å². The Morgan fingerprint density at radius 1 is 1.06 bits per heavy atom. The maximum absolute atomic E-state index is 13.2. The Hall–Kier alpha value is -3.35. The summed E-state index contributed by atoms with van der Waals surface area (Å²) in [6, 6.07) is 15.4. The number of benzene rings is 2. The number of carboxylic acid groups (broad SMARTS) is 1. The number of piperidine rings is 1. The lowest BCUT2D eigenvalue weighted by Gasteiger charge is -2.38. The van der Waals surface area contributed by atoms with Crippen molar-refractivity contribution in [3.63, 3.8) is 0 Å². The molecule has 2 fully saturated rings. The van der Waals surface area contributed by atoms with Crippen molar-refractivity contribution in [1.82, 2.24) is 10.2 Å². The lowest BCUT2D eigenvalue weighted by Crippen LogP contribution is -2.57. The molecule has 2 atom stereocenters. The first-order valence-electron chi connectivity index (χ1n) is 11.6. The summed E-state index contributed by atoms with van der Waals surface area (Å²) in [5, 5.41) is 12.4. The van der Waals surface area contributed by atoms with Crippen LogP contribution < -0.4 is 5.32 Å². The molecule has 1 saturated heterocycles. The second-order valence-corrected chi connectivity index (χ2v) is 9.51. The minimum Gasteiger partial charge on any atom is -0.480 e. The van der Waals surface area contributed by atoms with E-state index in [9.17, 15) is 19.5 Å². The highest BCUT2D eigenvalue weighted by atomic mass is 16.5. The van der Waals surface area contributed by atoms with E-state index in [1.807, 2.05) is 31.2 Å². The zero-order valence-electron chi connectivity index (χ0n) is 18.6. The zero-order chi connectivity index (χ0) is 23.2. The van der Waals surface area contributed by atoms with E-state index in [0.29, 0.717) is 25.8 Å². The van der Waals surface area contributed by atoms with Gasteiger partial charge in [0.15, 0.2) is 0 Å². The van der Waals surface area contributed by atoms with Crippen LogP contribution in [-0.4, -0.2) is 52.7 Å². The van der Waals surface area contributed by atoms with Gasteiger partial charge in [0.05, 0.1) is 0 Å². The van der Waals surface area contributed by atoms with E-state index >= 15 is 0 Å². The first-order chi connectivity index (χ1) is 15.9. The summed E-state index contributed by atoms with van der Waals surface area (Å²) < 4.78 is 5.61. The van der Waals surface area contributed by atoms with E-state index in [1.54, 1.807) is 0 Å². The topological polar surface area (TPSA) is 95.9 Å². The average molecular weight is 449 g/mol. The van der Waals surface area contributed by atoms with Gasteiger partial charge in [0.1, 0.15) is 18.2 Å². The Kier molecular flexibility index (Phi) is 5.35. The zero-order valence-corrected chi connectivity index (χ0v) is 18.6. The standard InChI is InChI=1S/C26H28N2O5/c1-16-10-13-28(22(14-16)23(29)30)24(31)26(11-12-26)27-25(32)33-15-21-19-8-4-2-6-17(19)18-7-3-5-9-20(18)21/h2-9,16,21-22H,10-15H2,1H3,(H,27,32)(H,29,30). The molecule has 0 radical (unpaired) electrons. The number of nitrogens with zero attached hydrogens (tertiary/aromatic N) is 1. The van der Waals surface area contributed by atoms with Gasteiger partial charge in [-0.3, -0.25) is 4.79 Å². The molecule has 2 N–H and O–H groups in total. The first kappa shape index (κ1) is 21.5. The van der Waals surface area contributed by atoms with Crippen molar-refractivity contribution in [3.8, 4) is 11.1 Å². The third-order valence-corrected chi connectivity index (χ3v) is 7.25. The molecule has 0 bridgehead atoms. The van der Waals surface area contributed by atoms with Crippen LogP contribution in [0.4, 0.5) is 4.79 Å². The number of hydrogen-bond acceptors (Lipinski definition) is 4. The Labute approximate surface area is 192 Å². The number of hydrogen-bond donors (Lipinski definition) is 2. The predicted molar refractivity (Wildman–Crippen MR) is 122 cm³/mol. The summed E-state index contributed by atoms with van der Waals surface area (Å²) >= 11 is 0. The second kappa shape index (κ2) is 8.21. The van der Waals surface area contributed by atoms with Crippen molar-refractivity contribution in [1.29, 1.82) is 0 Å². The molecular formula is C26H28N2O5. The molecule has 1 aliphatic heterocycles. The molecule has 2 unspecified atom stereocenters. The van der Waals surface area contributed by atoms with Crippen LogP contribution in [0.5, 0.6) is 0 Å². The van der Waals surface area contributed by atoms with E-state index in [1.165, 1.54) is 4.90 Å². The fourth-order valence-electron chi connectivity index (χ4n) is 5.24. The highest BCUT2D eigenvalue weighted by Gasteiger charge is 2.55. The molecule has 2 amide bonds. The molecule has 1 heterocycles. The molecule has 0 aromatic heterocycles. The molecule has 0 spiro atoms. The molecule has 7 nitrogen and oxygen atoms in total. The summed E-state index contributed by atoms with van der Waals surface area (Å²) in [6.45, 7) is 2.56. The van der Waals surface area contributed by atoms with Gasteiger partial charge in [0.2, 0.25) is 5.91 Å². The number of fused-ring (bicyclic) bond motifs is 3. The van der Waals surface area contributed by atoms with E-state index in [0.717, 1.165) is 28.7 Å². The van der Waals surface area contributed by atoms with Crippen LogP contribution in [0, 0.1) is 5.92 Å². The Morgan fingerprint density at radius 2 is 1.67 bits per heavy atom. The third-order valence-electron chi connectivity index (χ3n) is 7.25. The molecule has 2 aromatic carbocycles. The van der Waals surface area contributed by atoms with Crippen molar-refractivity contribution in [2.75, 3.05) is 13.2 Å². The average Bonchev–Trinajstić information content (AvgIpc) is 3.52. The number of likely N-dealkylation sites (tertiary alicyclic amines) is 1. The van der Waals surface area contributed by atoms with Crippen molar-refractivity contribution >= 4 is 18.0 Å². The van der Waals surface area contributed by atoms with Gasteiger partial charge in [-0.15, -0.1) is 0 Å². The number of rotatable bonds is 5. The number of nitrogens with one attached hydrogen (secondary N) is 1. The molecule has 5 rings (SSSR count). The Bertz CT molecular complexity index is 1060. The van der Waals surface area contributed by atoms with E-state index < -0.39 is 23.6 Å². The lowest BCUT2D eigenvalue weighted by molar-refractivity contribution is -0.154. The molecule has 33 heavy (non-hydrogen) atoms. The molecule has 172 valence electrons. The maximum atomic E-state index is 13.2. The maximum Gasteiger partial charge on any atom is 0.408 e. The first-order valence-corrected chi connectivity index (χ1v) is 11.6. The van der Waals surface area contributed by atoms with Crippen LogP contribution in [0.25, 0.3) is 11.1 Å². The van der Waals surface area contributed by atoms with Gasteiger partial charge in [-0.05, 0) is 53.9 Å². The summed E-state index contributed by atoms with van der Waals surface area (Å²) in [7, 11) is 0. The number of carbonyl (C=O) groups is 3. The van der Waals surface area contributed by atoms with Crippen LogP contribution in [0.15, 0.2) is 48.5 Å². The van der Waals surface area contributed by atoms with Crippen LogP contribution in [0.1, 0.15) is 49.7 Å². The highest BCUT2D eigenvalue weighted by molar-refractivity contribution is 5.95. The summed E-state index contributed by atoms with van der Waals surface area (Å²) in [4.78, 5) is 39.1. The second-order valence-electron chi connectivity index (χ2n) is 9.51. The molecule has 1 saturated carbocycles. The number of alkyl carbamates (subject to hydrolysis) is 1. The van der Waals surface area contributed by atoms with Crippen molar-refractivity contribution < 1.29 is 24.2 Å². The number of carboxylic acids is 1. The van der Waals surface area contributed by atoms with Crippen molar-refractivity contribution in [2.24, 2.45) is 5.92 Å². The van der Waals surface area contributed by atoms with E-state index in [2.05, 4.69) is 29.6 Å². The van der Waals surface area contributed by atoms with Gasteiger partial charge < -0.3 is 20.1 Å². The summed E-state index contributed by atoms with van der Waals surface area (Å²) in [5.74, 6) is -1.11. The van der Waals surface area contributed by atoms with Crippen molar-refractivity contribution in [3.05, 3.63) is 59.7 Å². The monoisotopic (exact) mass is 448 g/mol. The lowest BCUT2D eigenvalue weighted by atomic mass is 9.91. The third kappa shape index (κ3) is 3.86. The summed E-state index contributed by atoms with van der Waals surface area (Å²) in [5.41, 5.74) is 3.49. The fourth-order valence-corrected chi connectivity index (χ4v) is 5.24. The Morgan fingerprint density at radius 3 is 2.24 bits per heavy atom. The van der Waals surface area contributed by atoms with Gasteiger partial charge in [0, 0.05) is 12.5 Å². The quantitative estimate of drug-likeness (QED) is 0.726. The van der Waals surface area contributed by atoms with Crippen LogP contribution in [-0.2, 0) is 14.3 Å². The molecule has 7 heteroatoms. The van der Waals surface area contributed by atoms with Gasteiger partial charge in [-0.25, -0.2) is 9.59 Å². The van der Waals surface area contributed by atoms with Crippen LogP contribution in [0.2, 0.25) is 0 Å². The van der Waals surface area contributed by atoms with Crippen molar-refractivity contribution in [2.45, 2.75) is 50.1 Å². The van der Waals surface area contributed by atoms with Gasteiger partial charge >= 0.3 is 12.1 Å². The minimum atomic E-state index is -1.04. The fraction of sp³-hybridized carbons (Fsp3) is 0.423. The predicted octanol–water partition coefficient (Wildman–Crippen LogP) is 3.77. The highest BCUT2D eigenvalue weighted by Crippen LogP contribution is 2.45. The Balaban J connectivity index is 1.25. The largest absolute Gasteiger partial charge is 0.480 e. The van der Waals surface area contributed by atoms with Crippen LogP contribution >= 0.6 is 0 Å². The van der Waals surface area contributed by atoms with Gasteiger partial charge in [-0.2, -0.15) is 0 Å². The summed E-state index contributed by atoms with van der Waals surface area (Å²) in [6.07, 6.45) is 1.54. The van der Waals surface area contributed by atoms with E-state index in [-0.39, 0.29) is 24.3 Å². The number of carbonyl (C=O) groups excluding carboxylic acids is 2. The minimum absolute atomic E-state index is 0.0611. The van der Waals surface area contributed by atoms with Gasteiger partial charge in [-0.1, -0.05) is 55.5 Å².